The molecular weight excluding hydrogens is 260 g/mol. The van der Waals surface area contributed by atoms with Crippen LogP contribution in [0.25, 0.3) is 0 Å². The molecule has 7 nitrogen and oxygen atoms in total. The maximum Gasteiger partial charge on any atom is 0.270 e. The van der Waals surface area contributed by atoms with Crippen LogP contribution in [-0.4, -0.2) is 16.4 Å². The summed E-state index contributed by atoms with van der Waals surface area (Å²) < 4.78 is 0. The molecule has 1 fully saturated rings. The fourth-order valence-electron chi connectivity index (χ4n) is 2.44. The zero-order valence-electron chi connectivity index (χ0n) is 11.3. The predicted octanol–water partition coefficient (Wildman–Crippen LogP) is 1.94. The molecule has 0 atom stereocenters. The fourth-order valence-corrected chi connectivity index (χ4v) is 2.44. The lowest BCUT2D eigenvalue weighted by Crippen LogP contribution is -2.53. The van der Waals surface area contributed by atoms with Gasteiger partial charge in [-0.3, -0.25) is 20.8 Å². The number of amides is 1. The maximum absolute atomic E-state index is 12.3. The number of carbonyl (C=O) groups excluding carboxylic acids is 1. The molecule has 1 aromatic carbocycles. The second kappa shape index (κ2) is 5.46. The van der Waals surface area contributed by atoms with Gasteiger partial charge in [0, 0.05) is 17.7 Å². The molecule has 1 aliphatic rings. The Morgan fingerprint density at radius 2 is 2.20 bits per heavy atom. The lowest BCUT2D eigenvalue weighted by atomic mass is 9.74. The summed E-state index contributed by atoms with van der Waals surface area (Å²) in [4.78, 5) is 22.6. The van der Waals surface area contributed by atoms with E-state index in [2.05, 4.69) is 10.7 Å². The van der Waals surface area contributed by atoms with Crippen LogP contribution in [0.2, 0.25) is 0 Å². The molecule has 1 aromatic rings. The number of anilines is 1. The average Bonchev–Trinajstić information content (AvgIpc) is 2.41. The summed E-state index contributed by atoms with van der Waals surface area (Å²) in [6, 6.07) is 3.99. The van der Waals surface area contributed by atoms with Crippen molar-refractivity contribution in [3.63, 3.8) is 0 Å². The molecule has 7 heteroatoms. The van der Waals surface area contributed by atoms with Gasteiger partial charge in [0.1, 0.15) is 0 Å². The van der Waals surface area contributed by atoms with Crippen molar-refractivity contribution in [3.8, 4) is 0 Å². The predicted molar refractivity (Wildman–Crippen MR) is 75.2 cm³/mol. The SMILES string of the molecule is CCC1(NC(=O)c2cc([N+](=O)[O-])ccc2NN)CCC1. The van der Waals surface area contributed by atoms with Crippen molar-refractivity contribution in [1.82, 2.24) is 5.32 Å². The minimum absolute atomic E-state index is 0.131. The number of benzene rings is 1. The molecule has 0 aliphatic heterocycles. The Morgan fingerprint density at radius 1 is 1.50 bits per heavy atom. The third-order valence-electron chi connectivity index (χ3n) is 3.98. The van der Waals surface area contributed by atoms with Crippen LogP contribution in [0, 0.1) is 10.1 Å². The van der Waals surface area contributed by atoms with Gasteiger partial charge in [-0.1, -0.05) is 6.92 Å². The Kier molecular flexibility index (Phi) is 3.89. The van der Waals surface area contributed by atoms with Gasteiger partial charge in [0.25, 0.3) is 11.6 Å². The number of non-ortho nitro benzene ring substituents is 1. The Hall–Kier alpha value is -2.15. The number of nitrogens with one attached hydrogen (secondary N) is 2. The summed E-state index contributed by atoms with van der Waals surface area (Å²) in [6.07, 6.45) is 3.81. The number of nitrogens with two attached hydrogens (primary N) is 1. The van der Waals surface area contributed by atoms with E-state index in [9.17, 15) is 14.9 Å². The summed E-state index contributed by atoms with van der Waals surface area (Å²) in [5.74, 6) is 5.03. The van der Waals surface area contributed by atoms with Gasteiger partial charge in [0.2, 0.25) is 0 Å². The van der Waals surface area contributed by atoms with Crippen molar-refractivity contribution in [1.29, 1.82) is 0 Å². The van der Waals surface area contributed by atoms with Gasteiger partial charge in [-0.25, -0.2) is 0 Å². The van der Waals surface area contributed by atoms with Crippen molar-refractivity contribution >= 4 is 17.3 Å². The lowest BCUT2D eigenvalue weighted by Gasteiger charge is -2.42. The second-order valence-corrected chi connectivity index (χ2v) is 5.07. The van der Waals surface area contributed by atoms with E-state index in [1.54, 1.807) is 0 Å². The van der Waals surface area contributed by atoms with Gasteiger partial charge >= 0.3 is 0 Å². The highest BCUT2D eigenvalue weighted by Gasteiger charge is 2.37. The quantitative estimate of drug-likeness (QED) is 0.433. The largest absolute Gasteiger partial charge is 0.347 e. The highest BCUT2D eigenvalue weighted by atomic mass is 16.6. The van der Waals surface area contributed by atoms with Crippen LogP contribution in [0.5, 0.6) is 0 Å². The first-order chi connectivity index (χ1) is 9.51. The van der Waals surface area contributed by atoms with Crippen LogP contribution in [0.15, 0.2) is 18.2 Å². The molecule has 4 N–H and O–H groups in total. The van der Waals surface area contributed by atoms with Gasteiger partial charge in [0.05, 0.1) is 16.2 Å². The van der Waals surface area contributed by atoms with Crippen molar-refractivity contribution < 1.29 is 9.72 Å². The monoisotopic (exact) mass is 278 g/mol. The average molecular weight is 278 g/mol. The molecule has 0 radical (unpaired) electrons. The van der Waals surface area contributed by atoms with E-state index in [4.69, 9.17) is 5.84 Å². The number of hydrazine groups is 1. The maximum atomic E-state index is 12.3. The van der Waals surface area contributed by atoms with Gasteiger partial charge in [0.15, 0.2) is 0 Å². The zero-order valence-corrected chi connectivity index (χ0v) is 11.3. The molecule has 0 spiro atoms. The molecule has 0 bridgehead atoms. The van der Waals surface area contributed by atoms with E-state index in [1.807, 2.05) is 6.92 Å². The van der Waals surface area contributed by atoms with Crippen LogP contribution in [0.1, 0.15) is 43.0 Å². The summed E-state index contributed by atoms with van der Waals surface area (Å²) in [5, 5.41) is 13.8. The number of nitro groups is 1. The number of nitrogens with zero attached hydrogens (tertiary/aromatic N) is 1. The molecule has 1 saturated carbocycles. The first kappa shape index (κ1) is 14.3. The number of rotatable bonds is 5. The molecule has 1 amide bonds. The van der Waals surface area contributed by atoms with Gasteiger partial charge in [-0.2, -0.15) is 0 Å². The highest BCUT2D eigenvalue weighted by molar-refractivity contribution is 6.00. The number of hydrogen-bond acceptors (Lipinski definition) is 5. The van der Waals surface area contributed by atoms with Crippen molar-refractivity contribution in [3.05, 3.63) is 33.9 Å². The van der Waals surface area contributed by atoms with E-state index in [0.29, 0.717) is 5.69 Å². The third kappa shape index (κ3) is 2.57. The fraction of sp³-hybridized carbons (Fsp3) is 0.462. The van der Waals surface area contributed by atoms with Crippen LogP contribution < -0.4 is 16.6 Å². The van der Waals surface area contributed by atoms with E-state index < -0.39 is 4.92 Å². The normalized spacial score (nSPS) is 16.1. The van der Waals surface area contributed by atoms with Crippen molar-refractivity contribution in [2.75, 3.05) is 5.43 Å². The zero-order chi connectivity index (χ0) is 14.8. The van der Waals surface area contributed by atoms with Crippen molar-refractivity contribution in [2.45, 2.75) is 38.1 Å². The van der Waals surface area contributed by atoms with Gasteiger partial charge in [-0.15, -0.1) is 0 Å². The Labute approximate surface area is 116 Å². The summed E-state index contributed by atoms with van der Waals surface area (Å²) in [7, 11) is 0. The second-order valence-electron chi connectivity index (χ2n) is 5.07. The van der Waals surface area contributed by atoms with Gasteiger partial charge < -0.3 is 10.7 Å². The van der Waals surface area contributed by atoms with Crippen molar-refractivity contribution in [2.24, 2.45) is 5.84 Å². The molecule has 0 unspecified atom stereocenters. The molecule has 0 saturated heterocycles. The molecule has 0 heterocycles. The van der Waals surface area contributed by atoms with Crippen LogP contribution in [0.3, 0.4) is 0 Å². The van der Waals surface area contributed by atoms with E-state index in [-0.39, 0.29) is 22.7 Å². The summed E-state index contributed by atoms with van der Waals surface area (Å²) in [5.41, 5.74) is 2.66. The first-order valence-corrected chi connectivity index (χ1v) is 6.59. The molecule has 108 valence electrons. The Bertz CT molecular complexity index is 535. The van der Waals surface area contributed by atoms with Crippen LogP contribution >= 0.6 is 0 Å². The van der Waals surface area contributed by atoms with Crippen LogP contribution in [0.4, 0.5) is 11.4 Å². The third-order valence-corrected chi connectivity index (χ3v) is 3.98. The first-order valence-electron chi connectivity index (χ1n) is 6.59. The lowest BCUT2D eigenvalue weighted by molar-refractivity contribution is -0.384. The van der Waals surface area contributed by atoms with Gasteiger partial charge in [-0.05, 0) is 31.7 Å². The standard InChI is InChI=1S/C13H18N4O3/c1-2-13(6-3-7-13)15-12(18)10-8-9(17(19)20)4-5-11(10)16-14/h4-5,8,16H,2-3,6-7,14H2,1H3,(H,15,18). The number of nitrogen functional groups attached to an aromatic ring is 1. The smallest absolute Gasteiger partial charge is 0.270 e. The van der Waals surface area contributed by atoms with Crippen LogP contribution in [-0.2, 0) is 0 Å². The highest BCUT2D eigenvalue weighted by Crippen LogP contribution is 2.35. The molecule has 2 rings (SSSR count). The Balaban J connectivity index is 2.27. The topological polar surface area (TPSA) is 110 Å². The minimum atomic E-state index is -0.532. The molecule has 0 aromatic heterocycles. The minimum Gasteiger partial charge on any atom is -0.347 e. The van der Waals surface area contributed by atoms with E-state index in [1.165, 1.54) is 18.2 Å². The summed E-state index contributed by atoms with van der Waals surface area (Å²) >= 11 is 0. The van der Waals surface area contributed by atoms with E-state index in [0.717, 1.165) is 25.7 Å². The van der Waals surface area contributed by atoms with E-state index >= 15 is 0 Å². The number of hydrogen-bond donors (Lipinski definition) is 3. The molecular formula is C13H18N4O3. The Morgan fingerprint density at radius 3 is 2.65 bits per heavy atom. The summed E-state index contributed by atoms with van der Waals surface area (Å²) in [6.45, 7) is 2.02. The molecule has 20 heavy (non-hydrogen) atoms. The number of nitro benzene ring substituents is 1. The number of carbonyl (C=O) groups is 1. The molecule has 1 aliphatic carbocycles.